The molecule has 1 unspecified atom stereocenters. The summed E-state index contributed by atoms with van der Waals surface area (Å²) in [5.74, 6) is 0.220. The van der Waals surface area contributed by atoms with Crippen molar-refractivity contribution in [2.75, 3.05) is 6.54 Å². The molecule has 0 aliphatic carbocycles. The maximum Gasteiger partial charge on any atom is 0.156 e. The summed E-state index contributed by atoms with van der Waals surface area (Å²) in [6, 6.07) is 1.80. The Morgan fingerprint density at radius 1 is 1.73 bits per heavy atom. The lowest BCUT2D eigenvalue weighted by Crippen LogP contribution is -2.42. The molecule has 0 aliphatic heterocycles. The van der Waals surface area contributed by atoms with Crippen LogP contribution in [0, 0.1) is 0 Å². The molecule has 0 aliphatic rings. The first-order chi connectivity index (χ1) is 7.27. The van der Waals surface area contributed by atoms with Gasteiger partial charge in [-0.3, -0.25) is 4.68 Å². The van der Waals surface area contributed by atoms with Crippen molar-refractivity contribution in [1.82, 2.24) is 15.1 Å². The zero-order valence-corrected chi connectivity index (χ0v) is 8.80. The molecule has 0 saturated carbocycles. The van der Waals surface area contributed by atoms with Gasteiger partial charge in [-0.1, -0.05) is 12.1 Å². The molecule has 1 aromatic heterocycles. The van der Waals surface area contributed by atoms with Gasteiger partial charge in [-0.15, -0.1) is 0 Å². The van der Waals surface area contributed by atoms with Crippen molar-refractivity contribution < 1.29 is 5.21 Å². The second kappa shape index (κ2) is 6.02. The van der Waals surface area contributed by atoms with Crippen molar-refractivity contribution in [1.29, 1.82) is 0 Å². The van der Waals surface area contributed by atoms with Crippen molar-refractivity contribution in [3.05, 3.63) is 18.5 Å². The van der Waals surface area contributed by atoms with E-state index in [-0.39, 0.29) is 11.9 Å². The average molecular weight is 211 g/mol. The van der Waals surface area contributed by atoms with Crippen LogP contribution in [0.3, 0.4) is 0 Å². The third-order valence-electron chi connectivity index (χ3n) is 2.17. The molecule has 0 amide bonds. The van der Waals surface area contributed by atoms with Crippen molar-refractivity contribution in [3.8, 4) is 0 Å². The molecule has 0 radical (unpaired) electrons. The number of aromatic nitrogens is 2. The third kappa shape index (κ3) is 3.59. The molecule has 1 aromatic rings. The van der Waals surface area contributed by atoms with E-state index in [0.717, 1.165) is 19.5 Å². The first kappa shape index (κ1) is 11.5. The minimum absolute atomic E-state index is 0.0782. The lowest BCUT2D eigenvalue weighted by molar-refractivity contribution is 0.314. The van der Waals surface area contributed by atoms with E-state index >= 15 is 0 Å². The fraction of sp³-hybridized carbons (Fsp3) is 0.556. The Kier molecular flexibility index (Phi) is 4.62. The Hall–Kier alpha value is -1.56. The molecule has 4 N–H and O–H groups in total. The Morgan fingerprint density at radius 2 is 2.53 bits per heavy atom. The molecule has 0 spiro atoms. The molecule has 0 aromatic carbocycles. The first-order valence-corrected chi connectivity index (χ1v) is 4.96. The molecule has 6 heteroatoms. The number of hydrogen-bond donors (Lipinski definition) is 3. The van der Waals surface area contributed by atoms with Crippen LogP contribution in [0.2, 0.25) is 0 Å². The van der Waals surface area contributed by atoms with Gasteiger partial charge in [0, 0.05) is 18.9 Å². The highest BCUT2D eigenvalue weighted by atomic mass is 16.4. The highest BCUT2D eigenvalue weighted by Crippen LogP contribution is 1.91. The van der Waals surface area contributed by atoms with Gasteiger partial charge in [-0.25, -0.2) is 0 Å². The van der Waals surface area contributed by atoms with E-state index in [0.29, 0.717) is 0 Å². The number of hydrogen-bond acceptors (Lipinski definition) is 4. The molecule has 1 atom stereocenters. The van der Waals surface area contributed by atoms with Crippen LogP contribution in [0.5, 0.6) is 0 Å². The van der Waals surface area contributed by atoms with Gasteiger partial charge < -0.3 is 16.3 Å². The molecule has 6 nitrogen and oxygen atoms in total. The van der Waals surface area contributed by atoms with E-state index in [4.69, 9.17) is 10.9 Å². The van der Waals surface area contributed by atoms with Crippen LogP contribution in [0.25, 0.3) is 0 Å². The predicted octanol–water partition coefficient (Wildman–Crippen LogP) is -0.00230. The minimum Gasteiger partial charge on any atom is -0.409 e. The Labute approximate surface area is 88.8 Å². The maximum absolute atomic E-state index is 8.53. The van der Waals surface area contributed by atoms with E-state index in [1.807, 2.05) is 23.9 Å². The summed E-state index contributed by atoms with van der Waals surface area (Å²) in [7, 11) is 0. The summed E-state index contributed by atoms with van der Waals surface area (Å²) in [6.45, 7) is 3.47. The van der Waals surface area contributed by atoms with Crippen molar-refractivity contribution in [2.45, 2.75) is 25.9 Å². The molecule has 0 fully saturated rings. The highest BCUT2D eigenvalue weighted by Gasteiger charge is 2.09. The topological polar surface area (TPSA) is 88.5 Å². The Balaban J connectivity index is 2.29. The fourth-order valence-electron chi connectivity index (χ4n) is 1.31. The maximum atomic E-state index is 8.53. The zero-order chi connectivity index (χ0) is 11.1. The monoisotopic (exact) mass is 211 g/mol. The number of nitrogens with zero attached hydrogens (tertiary/aromatic N) is 3. The molecular formula is C9H17N5O. The molecule has 15 heavy (non-hydrogen) atoms. The SMILES string of the molecule is CCC(NCCn1cccn1)C(N)=NO. The van der Waals surface area contributed by atoms with Crippen LogP contribution in [0.4, 0.5) is 0 Å². The van der Waals surface area contributed by atoms with E-state index in [9.17, 15) is 0 Å². The second-order valence-electron chi connectivity index (χ2n) is 3.21. The molecule has 0 saturated heterocycles. The van der Waals surface area contributed by atoms with Gasteiger partial charge in [-0.2, -0.15) is 5.10 Å². The van der Waals surface area contributed by atoms with Crippen molar-refractivity contribution in [2.24, 2.45) is 10.9 Å². The van der Waals surface area contributed by atoms with Gasteiger partial charge >= 0.3 is 0 Å². The van der Waals surface area contributed by atoms with Gasteiger partial charge in [0.25, 0.3) is 0 Å². The van der Waals surface area contributed by atoms with Crippen molar-refractivity contribution in [3.63, 3.8) is 0 Å². The summed E-state index contributed by atoms with van der Waals surface area (Å²) >= 11 is 0. The van der Waals surface area contributed by atoms with E-state index in [1.165, 1.54) is 0 Å². The fourth-order valence-corrected chi connectivity index (χ4v) is 1.31. The zero-order valence-electron chi connectivity index (χ0n) is 8.80. The summed E-state index contributed by atoms with van der Waals surface area (Å²) in [4.78, 5) is 0. The van der Waals surface area contributed by atoms with Crippen LogP contribution in [0.15, 0.2) is 23.6 Å². The van der Waals surface area contributed by atoms with Gasteiger partial charge in [-0.05, 0) is 12.5 Å². The first-order valence-electron chi connectivity index (χ1n) is 4.96. The van der Waals surface area contributed by atoms with Crippen molar-refractivity contribution >= 4 is 5.84 Å². The molecule has 0 bridgehead atoms. The van der Waals surface area contributed by atoms with E-state index < -0.39 is 0 Å². The number of oxime groups is 1. The van der Waals surface area contributed by atoms with Crippen LogP contribution in [-0.2, 0) is 6.54 Å². The lowest BCUT2D eigenvalue weighted by Gasteiger charge is -2.14. The smallest absolute Gasteiger partial charge is 0.156 e. The van der Waals surface area contributed by atoms with E-state index in [2.05, 4.69) is 15.6 Å². The summed E-state index contributed by atoms with van der Waals surface area (Å²) in [5, 5.41) is 18.8. The summed E-state index contributed by atoms with van der Waals surface area (Å²) in [5.41, 5.74) is 5.50. The Bertz CT molecular complexity index is 295. The third-order valence-corrected chi connectivity index (χ3v) is 2.17. The molecule has 1 heterocycles. The number of nitrogens with two attached hydrogens (primary N) is 1. The minimum atomic E-state index is -0.0782. The van der Waals surface area contributed by atoms with Crippen LogP contribution in [-0.4, -0.2) is 33.4 Å². The van der Waals surface area contributed by atoms with Gasteiger partial charge in [0.1, 0.15) is 0 Å². The lowest BCUT2D eigenvalue weighted by atomic mass is 10.2. The van der Waals surface area contributed by atoms with E-state index in [1.54, 1.807) is 6.20 Å². The Morgan fingerprint density at radius 3 is 3.07 bits per heavy atom. The standard InChI is InChI=1S/C9H17N5O/c1-2-8(9(10)13-15)11-5-7-14-6-3-4-12-14/h3-4,6,8,11,15H,2,5,7H2,1H3,(H2,10,13). The normalized spacial score (nSPS) is 14.1. The number of amidine groups is 1. The largest absolute Gasteiger partial charge is 0.409 e. The summed E-state index contributed by atoms with van der Waals surface area (Å²) in [6.07, 6.45) is 4.42. The van der Waals surface area contributed by atoms with Gasteiger partial charge in [0.15, 0.2) is 5.84 Å². The average Bonchev–Trinajstić information content (AvgIpc) is 2.76. The predicted molar refractivity (Wildman–Crippen MR) is 57.7 cm³/mol. The van der Waals surface area contributed by atoms with Gasteiger partial charge in [0.2, 0.25) is 0 Å². The number of rotatable bonds is 6. The molecule has 84 valence electrons. The highest BCUT2D eigenvalue weighted by molar-refractivity contribution is 5.85. The van der Waals surface area contributed by atoms with Crippen LogP contribution in [0.1, 0.15) is 13.3 Å². The van der Waals surface area contributed by atoms with Gasteiger partial charge in [0.05, 0.1) is 12.6 Å². The van der Waals surface area contributed by atoms with Crippen LogP contribution < -0.4 is 11.1 Å². The molecule has 1 rings (SSSR count). The number of nitrogens with one attached hydrogen (secondary N) is 1. The second-order valence-corrected chi connectivity index (χ2v) is 3.21. The summed E-state index contributed by atoms with van der Waals surface area (Å²) < 4.78 is 1.83. The van der Waals surface area contributed by atoms with Crippen LogP contribution >= 0.6 is 0 Å². The molecular weight excluding hydrogens is 194 g/mol. The quantitative estimate of drug-likeness (QED) is 0.267.